The second kappa shape index (κ2) is 6.11. The number of nitrogens with one attached hydrogen (secondary N) is 1. The second-order valence-corrected chi connectivity index (χ2v) is 5.35. The van der Waals surface area contributed by atoms with Crippen LogP contribution in [-0.2, 0) is 0 Å². The third-order valence-electron chi connectivity index (χ3n) is 3.95. The minimum absolute atomic E-state index is 0.126. The summed E-state index contributed by atoms with van der Waals surface area (Å²) in [5.74, 6) is -1.10. The highest BCUT2D eigenvalue weighted by Gasteiger charge is 2.22. The van der Waals surface area contributed by atoms with E-state index >= 15 is 0 Å². The lowest BCUT2D eigenvalue weighted by molar-refractivity contribution is 0.0694. The van der Waals surface area contributed by atoms with Crippen LogP contribution in [0.5, 0.6) is 5.75 Å². The van der Waals surface area contributed by atoms with Crippen LogP contribution in [0.25, 0.3) is 11.3 Å². The van der Waals surface area contributed by atoms with Gasteiger partial charge in [-0.1, -0.05) is 0 Å². The molecule has 22 heavy (non-hydrogen) atoms. The summed E-state index contributed by atoms with van der Waals surface area (Å²) < 4.78 is 0. The van der Waals surface area contributed by atoms with Gasteiger partial charge in [0.2, 0.25) is 0 Å². The van der Waals surface area contributed by atoms with Gasteiger partial charge in [-0.25, -0.2) is 4.79 Å². The van der Waals surface area contributed by atoms with Gasteiger partial charge in [-0.05, 0) is 44.1 Å². The molecule has 2 heterocycles. The molecule has 1 aliphatic heterocycles. The highest BCUT2D eigenvalue weighted by molar-refractivity contribution is 5.92. The maximum atomic E-state index is 11.2. The quantitative estimate of drug-likeness (QED) is 0.802. The van der Waals surface area contributed by atoms with Crippen LogP contribution in [0.2, 0.25) is 0 Å². The zero-order valence-electron chi connectivity index (χ0n) is 12.0. The van der Waals surface area contributed by atoms with Crippen molar-refractivity contribution in [3.05, 3.63) is 41.9 Å². The number of hydrogen-bond acceptors (Lipinski definition) is 5. The van der Waals surface area contributed by atoms with E-state index in [1.807, 2.05) is 0 Å². The van der Waals surface area contributed by atoms with Crippen LogP contribution in [0.15, 0.2) is 30.6 Å². The Kier molecular flexibility index (Phi) is 4.02. The van der Waals surface area contributed by atoms with Crippen molar-refractivity contribution in [3.8, 4) is 17.0 Å². The fraction of sp³-hybridized carbons (Fsp3) is 0.312. The molecule has 0 unspecified atom stereocenters. The number of aromatic hydroxyl groups is 1. The number of aromatic nitrogens is 2. The van der Waals surface area contributed by atoms with Crippen molar-refractivity contribution in [2.45, 2.75) is 18.8 Å². The Bertz CT molecular complexity index is 697. The molecule has 0 radical (unpaired) electrons. The van der Waals surface area contributed by atoms with Crippen LogP contribution in [0.1, 0.15) is 34.8 Å². The van der Waals surface area contributed by atoms with Gasteiger partial charge < -0.3 is 15.5 Å². The standard InChI is InChI=1S/C16H17N3O3/c20-13-2-1-11(9-12(13)16(21)22)15-14(18-7-8-19-15)10-3-5-17-6-4-10/h1-2,7-10,17,20H,3-6H2,(H,21,22). The molecule has 3 rings (SSSR count). The van der Waals surface area contributed by atoms with Crippen LogP contribution >= 0.6 is 0 Å². The number of carbonyl (C=O) groups is 1. The molecule has 0 amide bonds. The number of piperidine rings is 1. The summed E-state index contributed by atoms with van der Waals surface area (Å²) >= 11 is 0. The third kappa shape index (κ3) is 2.78. The third-order valence-corrected chi connectivity index (χ3v) is 3.95. The first-order valence-electron chi connectivity index (χ1n) is 7.25. The molecule has 0 spiro atoms. The Hall–Kier alpha value is -2.47. The van der Waals surface area contributed by atoms with Crippen molar-refractivity contribution in [3.63, 3.8) is 0 Å². The van der Waals surface area contributed by atoms with Gasteiger partial charge in [0, 0.05) is 23.9 Å². The van der Waals surface area contributed by atoms with E-state index in [0.29, 0.717) is 17.2 Å². The van der Waals surface area contributed by atoms with Crippen LogP contribution < -0.4 is 5.32 Å². The molecule has 0 saturated carbocycles. The van der Waals surface area contributed by atoms with E-state index < -0.39 is 5.97 Å². The van der Waals surface area contributed by atoms with Gasteiger partial charge in [-0.2, -0.15) is 0 Å². The fourth-order valence-electron chi connectivity index (χ4n) is 2.82. The predicted molar refractivity (Wildman–Crippen MR) is 80.9 cm³/mol. The first-order valence-corrected chi connectivity index (χ1v) is 7.25. The van der Waals surface area contributed by atoms with Gasteiger partial charge in [-0.3, -0.25) is 9.97 Å². The number of hydrogen-bond donors (Lipinski definition) is 3. The Morgan fingerprint density at radius 3 is 2.64 bits per heavy atom. The largest absolute Gasteiger partial charge is 0.507 e. The van der Waals surface area contributed by atoms with Crippen molar-refractivity contribution in [2.75, 3.05) is 13.1 Å². The van der Waals surface area contributed by atoms with E-state index in [2.05, 4.69) is 15.3 Å². The Balaban J connectivity index is 2.05. The smallest absolute Gasteiger partial charge is 0.339 e. The van der Waals surface area contributed by atoms with Gasteiger partial charge in [0.25, 0.3) is 0 Å². The van der Waals surface area contributed by atoms with Crippen molar-refractivity contribution in [2.24, 2.45) is 0 Å². The molecule has 1 saturated heterocycles. The summed E-state index contributed by atoms with van der Waals surface area (Å²) in [7, 11) is 0. The minimum atomic E-state index is -1.16. The van der Waals surface area contributed by atoms with E-state index in [1.165, 1.54) is 12.1 Å². The molecule has 1 aromatic carbocycles. The number of aromatic carboxylic acids is 1. The van der Waals surface area contributed by atoms with Crippen molar-refractivity contribution in [1.82, 2.24) is 15.3 Å². The number of rotatable bonds is 3. The molecule has 0 atom stereocenters. The molecule has 6 heteroatoms. The maximum Gasteiger partial charge on any atom is 0.339 e. The average molecular weight is 299 g/mol. The number of benzene rings is 1. The van der Waals surface area contributed by atoms with Crippen molar-refractivity contribution < 1.29 is 15.0 Å². The molecule has 114 valence electrons. The molecular weight excluding hydrogens is 282 g/mol. The van der Waals surface area contributed by atoms with E-state index in [-0.39, 0.29) is 11.3 Å². The number of carboxylic acids is 1. The molecule has 1 fully saturated rings. The molecule has 0 aliphatic carbocycles. The zero-order valence-corrected chi connectivity index (χ0v) is 12.0. The first kappa shape index (κ1) is 14.5. The van der Waals surface area contributed by atoms with Crippen LogP contribution in [-0.4, -0.2) is 39.2 Å². The summed E-state index contributed by atoms with van der Waals surface area (Å²) in [5.41, 5.74) is 2.12. The van der Waals surface area contributed by atoms with E-state index in [4.69, 9.17) is 5.11 Å². The van der Waals surface area contributed by atoms with Gasteiger partial charge >= 0.3 is 5.97 Å². The molecule has 1 aliphatic rings. The fourth-order valence-corrected chi connectivity index (χ4v) is 2.82. The van der Waals surface area contributed by atoms with Crippen LogP contribution in [0, 0.1) is 0 Å². The zero-order chi connectivity index (χ0) is 15.5. The number of phenols is 1. The summed E-state index contributed by atoms with van der Waals surface area (Å²) in [5, 5.41) is 22.1. The predicted octanol–water partition coefficient (Wildman–Crippen LogP) is 2.01. The highest BCUT2D eigenvalue weighted by atomic mass is 16.4. The topological polar surface area (TPSA) is 95.3 Å². The van der Waals surface area contributed by atoms with E-state index in [9.17, 15) is 9.90 Å². The minimum Gasteiger partial charge on any atom is -0.507 e. The molecule has 2 aromatic rings. The Morgan fingerprint density at radius 1 is 1.18 bits per heavy atom. The summed E-state index contributed by atoms with van der Waals surface area (Å²) in [6.45, 7) is 1.88. The number of carboxylic acid groups (broad SMARTS) is 1. The lowest BCUT2D eigenvalue weighted by Gasteiger charge is -2.23. The SMILES string of the molecule is O=C(O)c1cc(-c2nccnc2C2CCNCC2)ccc1O. The Morgan fingerprint density at radius 2 is 1.91 bits per heavy atom. The summed E-state index contributed by atoms with van der Waals surface area (Å²) in [6, 6.07) is 4.52. The lowest BCUT2D eigenvalue weighted by Crippen LogP contribution is -2.27. The second-order valence-electron chi connectivity index (χ2n) is 5.35. The van der Waals surface area contributed by atoms with Gasteiger partial charge in [-0.15, -0.1) is 0 Å². The molecule has 6 nitrogen and oxygen atoms in total. The van der Waals surface area contributed by atoms with E-state index in [1.54, 1.807) is 18.5 Å². The van der Waals surface area contributed by atoms with Crippen molar-refractivity contribution >= 4 is 5.97 Å². The molecule has 3 N–H and O–H groups in total. The molecule has 0 bridgehead atoms. The first-order chi connectivity index (χ1) is 10.7. The van der Waals surface area contributed by atoms with Gasteiger partial charge in [0.1, 0.15) is 11.3 Å². The molecule has 1 aromatic heterocycles. The van der Waals surface area contributed by atoms with Crippen molar-refractivity contribution in [1.29, 1.82) is 0 Å². The molecular formula is C16H17N3O3. The van der Waals surface area contributed by atoms with Gasteiger partial charge in [0.15, 0.2) is 0 Å². The summed E-state index contributed by atoms with van der Waals surface area (Å²) in [4.78, 5) is 20.1. The lowest BCUT2D eigenvalue weighted by atomic mass is 9.91. The number of nitrogens with zero attached hydrogens (tertiary/aromatic N) is 2. The monoisotopic (exact) mass is 299 g/mol. The summed E-state index contributed by atoms with van der Waals surface area (Å²) in [6.07, 6.45) is 5.23. The van der Waals surface area contributed by atoms with Crippen LogP contribution in [0.3, 0.4) is 0 Å². The Labute approximate surface area is 127 Å². The average Bonchev–Trinajstić information content (AvgIpc) is 2.56. The highest BCUT2D eigenvalue weighted by Crippen LogP contribution is 2.32. The van der Waals surface area contributed by atoms with E-state index in [0.717, 1.165) is 31.6 Å². The van der Waals surface area contributed by atoms with Crippen LogP contribution in [0.4, 0.5) is 0 Å². The van der Waals surface area contributed by atoms with Gasteiger partial charge in [0.05, 0.1) is 11.4 Å². The maximum absolute atomic E-state index is 11.2. The normalized spacial score (nSPS) is 15.6.